The van der Waals surface area contributed by atoms with Crippen molar-refractivity contribution < 1.29 is 4.42 Å². The highest BCUT2D eigenvalue weighted by molar-refractivity contribution is 6.01. The number of hydrogen-bond donors (Lipinski definition) is 0. The van der Waals surface area contributed by atoms with Gasteiger partial charge < -0.3 is 9.32 Å². The van der Waals surface area contributed by atoms with Crippen molar-refractivity contribution in [2.75, 3.05) is 4.90 Å². The highest BCUT2D eigenvalue weighted by Crippen LogP contribution is 2.63. The summed E-state index contributed by atoms with van der Waals surface area (Å²) in [5.41, 5.74) is 13.4. The number of para-hydroxylation sites is 3. The average molecular weight is 602 g/mol. The normalized spacial score (nSPS) is 15.4. The molecule has 10 rings (SSSR count). The lowest BCUT2D eigenvalue weighted by atomic mass is 9.70. The Kier molecular flexibility index (Phi) is 5.35. The van der Waals surface area contributed by atoms with Crippen LogP contribution in [0.1, 0.15) is 22.3 Å². The van der Waals surface area contributed by atoms with Crippen LogP contribution in [0.3, 0.4) is 0 Å². The minimum absolute atomic E-state index is 0.000950. The minimum Gasteiger partial charge on any atom is -0.456 e. The van der Waals surface area contributed by atoms with Crippen molar-refractivity contribution >= 4 is 39.0 Å². The number of benzene rings is 7. The summed E-state index contributed by atoms with van der Waals surface area (Å²) in [7, 11) is 0. The summed E-state index contributed by atoms with van der Waals surface area (Å²) >= 11 is 0. The fourth-order valence-corrected chi connectivity index (χ4v) is 8.16. The van der Waals surface area contributed by atoms with Crippen LogP contribution in [0, 0.1) is 0 Å². The molecule has 1 spiro atoms. The first-order valence-electron chi connectivity index (χ1n) is 16.0. The lowest BCUT2D eigenvalue weighted by Gasteiger charge is -2.31. The number of rotatable bonds is 3. The van der Waals surface area contributed by atoms with Crippen LogP contribution >= 0.6 is 0 Å². The van der Waals surface area contributed by atoms with Gasteiger partial charge in [-0.1, -0.05) is 103 Å². The molecule has 8 aromatic rings. The molecule has 220 valence electrons. The third-order valence-electron chi connectivity index (χ3n) is 10.1. The molecule has 1 heterocycles. The summed E-state index contributed by atoms with van der Waals surface area (Å²) < 4.78 is 6.38. The van der Waals surface area contributed by atoms with Crippen LogP contribution < -0.4 is 10.3 Å². The van der Waals surface area contributed by atoms with E-state index in [-0.39, 0.29) is 5.43 Å². The summed E-state index contributed by atoms with van der Waals surface area (Å²) in [6.07, 6.45) is 0. The Labute approximate surface area is 271 Å². The van der Waals surface area contributed by atoms with Gasteiger partial charge in [-0.25, -0.2) is 0 Å². The first-order valence-corrected chi connectivity index (χ1v) is 16.0. The zero-order valence-corrected chi connectivity index (χ0v) is 25.4. The molecule has 0 bridgehead atoms. The quantitative estimate of drug-likeness (QED) is 0.189. The van der Waals surface area contributed by atoms with Crippen LogP contribution in [0.5, 0.6) is 0 Å². The number of hydrogen-bond acceptors (Lipinski definition) is 3. The van der Waals surface area contributed by atoms with E-state index in [4.69, 9.17) is 4.42 Å². The van der Waals surface area contributed by atoms with E-state index < -0.39 is 5.41 Å². The molecule has 0 radical (unpaired) electrons. The first kappa shape index (κ1) is 26.1. The maximum Gasteiger partial charge on any atom is 0.200 e. The fourth-order valence-electron chi connectivity index (χ4n) is 8.16. The zero-order valence-electron chi connectivity index (χ0n) is 25.4. The molecule has 1 unspecified atom stereocenters. The highest BCUT2D eigenvalue weighted by Gasteiger charge is 2.52. The molecule has 0 saturated carbocycles. The molecule has 1 aromatic heterocycles. The van der Waals surface area contributed by atoms with Crippen molar-refractivity contribution in [3.05, 3.63) is 196 Å². The second kappa shape index (κ2) is 9.65. The molecule has 0 fully saturated rings. The smallest absolute Gasteiger partial charge is 0.200 e. The lowest BCUT2D eigenvalue weighted by molar-refractivity contribution is 0.659. The Bertz CT molecular complexity index is 2560. The summed E-state index contributed by atoms with van der Waals surface area (Å²) in [5.74, 6) is 0. The monoisotopic (exact) mass is 601 g/mol. The van der Waals surface area contributed by atoms with E-state index in [1.165, 1.54) is 33.4 Å². The second-order valence-corrected chi connectivity index (χ2v) is 12.4. The van der Waals surface area contributed by atoms with Gasteiger partial charge in [0.05, 0.1) is 16.2 Å². The van der Waals surface area contributed by atoms with Crippen molar-refractivity contribution in [3.63, 3.8) is 0 Å². The molecule has 47 heavy (non-hydrogen) atoms. The van der Waals surface area contributed by atoms with Crippen LogP contribution in [0.25, 0.3) is 44.2 Å². The van der Waals surface area contributed by atoms with Crippen molar-refractivity contribution in [3.8, 4) is 22.3 Å². The Hall–Kier alpha value is -6.19. The molecule has 0 saturated heterocycles. The summed E-state index contributed by atoms with van der Waals surface area (Å²) in [6, 6.07) is 57.1. The summed E-state index contributed by atoms with van der Waals surface area (Å²) in [4.78, 5) is 16.3. The van der Waals surface area contributed by atoms with Crippen molar-refractivity contribution in [2.45, 2.75) is 5.41 Å². The van der Waals surface area contributed by atoms with Crippen LogP contribution in [0.4, 0.5) is 17.1 Å². The van der Waals surface area contributed by atoms with E-state index in [0.717, 1.165) is 28.2 Å². The molecule has 0 amide bonds. The Morgan fingerprint density at radius 3 is 1.64 bits per heavy atom. The van der Waals surface area contributed by atoms with Gasteiger partial charge in [0.1, 0.15) is 11.2 Å². The third-order valence-corrected chi connectivity index (χ3v) is 10.1. The van der Waals surface area contributed by atoms with Crippen LogP contribution in [0.2, 0.25) is 0 Å². The van der Waals surface area contributed by atoms with Crippen LogP contribution in [0.15, 0.2) is 173 Å². The van der Waals surface area contributed by atoms with Gasteiger partial charge in [0, 0.05) is 17.1 Å². The van der Waals surface area contributed by atoms with E-state index in [1.54, 1.807) is 0 Å². The maximum atomic E-state index is 14.0. The van der Waals surface area contributed by atoms with Gasteiger partial charge >= 0.3 is 0 Å². The molecule has 0 aliphatic heterocycles. The van der Waals surface area contributed by atoms with Gasteiger partial charge in [-0.3, -0.25) is 4.79 Å². The molecule has 2 aliphatic rings. The maximum absolute atomic E-state index is 14.0. The van der Waals surface area contributed by atoms with Gasteiger partial charge in [0.15, 0.2) is 0 Å². The molecule has 2 aliphatic carbocycles. The summed E-state index contributed by atoms with van der Waals surface area (Å²) in [6.45, 7) is 0. The standard InChI is InChI=1S/C44H27NO2/c46-43-33-19-9-12-22-41(33)47-42-27-35-32-18-8-11-21-38(32)44(40(35)26-36(42)43)37-20-10-7-17-31(37)34-25-30(23-24-39(34)44)45(28-13-3-1-4-14-28)29-15-5-2-6-16-29/h1-27H. The van der Waals surface area contributed by atoms with E-state index >= 15 is 0 Å². The van der Waals surface area contributed by atoms with Crippen molar-refractivity contribution in [1.82, 2.24) is 0 Å². The number of fused-ring (bicyclic) bond motifs is 12. The van der Waals surface area contributed by atoms with E-state index in [0.29, 0.717) is 21.9 Å². The van der Waals surface area contributed by atoms with Gasteiger partial charge in [-0.05, 0) is 105 Å². The van der Waals surface area contributed by atoms with Gasteiger partial charge in [0.25, 0.3) is 0 Å². The van der Waals surface area contributed by atoms with Gasteiger partial charge in [-0.2, -0.15) is 0 Å². The topological polar surface area (TPSA) is 33.5 Å². The third kappa shape index (κ3) is 3.48. The predicted molar refractivity (Wildman–Crippen MR) is 191 cm³/mol. The SMILES string of the molecule is O=c1c2ccccc2oc2cc3c(cc12)C1(c2ccccc2-c2cc(N(c4ccccc4)c4ccccc4)ccc21)c1ccccc1-3. The van der Waals surface area contributed by atoms with Crippen LogP contribution in [-0.2, 0) is 5.41 Å². The highest BCUT2D eigenvalue weighted by atomic mass is 16.3. The van der Waals surface area contributed by atoms with Gasteiger partial charge in [0.2, 0.25) is 5.43 Å². The van der Waals surface area contributed by atoms with E-state index in [1.807, 2.05) is 24.3 Å². The van der Waals surface area contributed by atoms with E-state index in [9.17, 15) is 4.79 Å². The molecule has 7 aromatic carbocycles. The zero-order chi connectivity index (χ0) is 31.1. The number of anilines is 3. The second-order valence-electron chi connectivity index (χ2n) is 12.4. The van der Waals surface area contributed by atoms with Gasteiger partial charge in [-0.15, -0.1) is 0 Å². The molecule has 3 nitrogen and oxygen atoms in total. The Morgan fingerprint density at radius 2 is 0.957 bits per heavy atom. The Morgan fingerprint density at radius 1 is 0.404 bits per heavy atom. The number of nitrogens with zero attached hydrogens (tertiary/aromatic N) is 1. The van der Waals surface area contributed by atoms with Crippen molar-refractivity contribution in [2.24, 2.45) is 0 Å². The Balaban J connectivity index is 1.28. The lowest BCUT2D eigenvalue weighted by Crippen LogP contribution is -2.26. The average Bonchev–Trinajstić information content (AvgIpc) is 3.58. The molecule has 1 atom stereocenters. The van der Waals surface area contributed by atoms with Crippen molar-refractivity contribution in [1.29, 1.82) is 0 Å². The molecular weight excluding hydrogens is 574 g/mol. The molecule has 3 heteroatoms. The van der Waals surface area contributed by atoms with Crippen LogP contribution in [-0.4, -0.2) is 0 Å². The molecule has 0 N–H and O–H groups in total. The minimum atomic E-state index is -0.576. The first-order chi connectivity index (χ1) is 23.2. The fraction of sp³-hybridized carbons (Fsp3) is 0.0227. The summed E-state index contributed by atoms with van der Waals surface area (Å²) in [5, 5.41) is 1.21. The predicted octanol–water partition coefficient (Wildman–Crippen LogP) is 10.8. The van der Waals surface area contributed by atoms with E-state index in [2.05, 4.69) is 144 Å². The molecular formula is C44H27NO2. The largest absolute Gasteiger partial charge is 0.456 e.